The second kappa shape index (κ2) is 18.4. The fraction of sp³-hybridized carbons (Fsp3) is 0.257. The normalized spacial score (nSPS) is 10.6. The van der Waals surface area contributed by atoms with Crippen LogP contribution in [0.15, 0.2) is 97.0 Å². The minimum atomic E-state index is -0.477. The zero-order chi connectivity index (χ0) is 31.6. The first kappa shape index (κ1) is 33.3. The van der Waals surface area contributed by atoms with Crippen molar-refractivity contribution in [2.75, 3.05) is 26.4 Å². The lowest BCUT2D eigenvalue weighted by Crippen LogP contribution is -2.08. The zero-order valence-corrected chi connectivity index (χ0v) is 24.9. The van der Waals surface area contributed by atoms with Gasteiger partial charge in [0.1, 0.15) is 17.2 Å². The first-order valence-electron chi connectivity index (χ1n) is 14.3. The molecule has 3 aromatic carbocycles. The molecule has 0 aliphatic carbocycles. The predicted octanol–water partition coefficient (Wildman–Crippen LogP) is 6.74. The third-order valence-corrected chi connectivity index (χ3v) is 6.14. The smallest absolute Gasteiger partial charge is 0.343 e. The fourth-order valence-electron chi connectivity index (χ4n) is 3.74. The first-order valence-corrected chi connectivity index (χ1v) is 14.3. The molecule has 3 aromatic rings. The van der Waals surface area contributed by atoms with Gasteiger partial charge in [-0.05, 0) is 110 Å². The molecule has 0 aliphatic heterocycles. The Hall–Kier alpha value is -5.18. The summed E-state index contributed by atoms with van der Waals surface area (Å²) in [7, 11) is 0. The number of ether oxygens (including phenoxy) is 5. The second-order valence-electron chi connectivity index (χ2n) is 9.54. The summed E-state index contributed by atoms with van der Waals surface area (Å²) < 4.78 is 26.8. The molecule has 0 heterocycles. The Morgan fingerprint density at radius 1 is 0.682 bits per heavy atom. The lowest BCUT2D eigenvalue weighted by Gasteiger charge is -2.09. The molecule has 3 rings (SSSR count). The molecule has 0 aromatic heterocycles. The van der Waals surface area contributed by atoms with Crippen LogP contribution < -0.4 is 14.2 Å². The Balaban J connectivity index is 1.41. The molecule has 0 aliphatic rings. The molecule has 0 spiro atoms. The molecule has 9 heteroatoms. The summed E-state index contributed by atoms with van der Waals surface area (Å²) in [6.45, 7) is 10.3. The van der Waals surface area contributed by atoms with Crippen molar-refractivity contribution in [1.29, 1.82) is 0 Å². The van der Waals surface area contributed by atoms with Gasteiger partial charge in [-0.2, -0.15) is 0 Å². The van der Waals surface area contributed by atoms with Gasteiger partial charge >= 0.3 is 17.9 Å². The molecule has 0 fully saturated rings. The highest BCUT2D eigenvalue weighted by molar-refractivity contribution is 5.91. The molecule has 9 nitrogen and oxygen atoms in total. The van der Waals surface area contributed by atoms with Gasteiger partial charge in [0.15, 0.2) is 0 Å². The number of rotatable bonds is 18. The summed E-state index contributed by atoms with van der Waals surface area (Å²) in [5.41, 5.74) is 2.91. The van der Waals surface area contributed by atoms with Gasteiger partial charge in [0.25, 0.3) is 0 Å². The monoisotopic (exact) mass is 599 g/mol. The van der Waals surface area contributed by atoms with Gasteiger partial charge < -0.3 is 23.7 Å². The minimum absolute atomic E-state index is 0.317. The number of carbonyl (C=O) groups is 3. The fourth-order valence-corrected chi connectivity index (χ4v) is 3.74. The molecular weight excluding hydrogens is 562 g/mol. The van der Waals surface area contributed by atoms with Crippen molar-refractivity contribution in [1.82, 2.24) is 0 Å². The van der Waals surface area contributed by atoms with Gasteiger partial charge in [-0.25, -0.2) is 14.4 Å². The van der Waals surface area contributed by atoms with Crippen LogP contribution in [0.1, 0.15) is 47.2 Å². The number of carbonyl (C=O) groups excluding carboxylic acids is 3. The van der Waals surface area contributed by atoms with E-state index in [1.807, 2.05) is 31.2 Å². The highest BCUT2D eigenvalue weighted by atomic mass is 16.5. The molecule has 0 unspecified atom stereocenters. The lowest BCUT2D eigenvalue weighted by molar-refractivity contribution is -0.138. The SMILES string of the molecule is C=CC(=O)OCCCCOc1ccc(C=Nc2ccc(OC(=O)c3ccc(OCCCCOC(=O)C=C)cc3)cc2C)cc1. The van der Waals surface area contributed by atoms with Crippen LogP contribution in [0.4, 0.5) is 5.69 Å². The summed E-state index contributed by atoms with van der Waals surface area (Å²) in [4.78, 5) is 39.2. The molecule has 0 amide bonds. The van der Waals surface area contributed by atoms with Crippen molar-refractivity contribution >= 4 is 29.8 Å². The van der Waals surface area contributed by atoms with E-state index < -0.39 is 17.9 Å². The summed E-state index contributed by atoms with van der Waals surface area (Å²) in [6.07, 6.45) is 6.91. The van der Waals surface area contributed by atoms with Crippen molar-refractivity contribution in [3.8, 4) is 17.2 Å². The average Bonchev–Trinajstić information content (AvgIpc) is 3.04. The van der Waals surface area contributed by atoms with E-state index >= 15 is 0 Å². The average molecular weight is 600 g/mol. The minimum Gasteiger partial charge on any atom is -0.494 e. The Labute approximate surface area is 257 Å². The van der Waals surface area contributed by atoms with E-state index in [9.17, 15) is 14.4 Å². The molecule has 0 saturated heterocycles. The van der Waals surface area contributed by atoms with Crippen LogP contribution in [0.25, 0.3) is 0 Å². The number of nitrogens with zero attached hydrogens (tertiary/aromatic N) is 1. The highest BCUT2D eigenvalue weighted by Gasteiger charge is 2.10. The van der Waals surface area contributed by atoms with E-state index in [0.717, 1.165) is 47.6 Å². The first-order chi connectivity index (χ1) is 21.4. The molecule has 0 atom stereocenters. The van der Waals surface area contributed by atoms with E-state index in [0.29, 0.717) is 56.3 Å². The summed E-state index contributed by atoms with van der Waals surface area (Å²) in [5, 5.41) is 0. The Kier molecular flexibility index (Phi) is 13.9. The number of unbranched alkanes of at least 4 members (excludes halogenated alkanes) is 2. The van der Waals surface area contributed by atoms with Crippen LogP contribution in [0, 0.1) is 6.92 Å². The Bertz CT molecular complexity index is 1430. The van der Waals surface area contributed by atoms with Gasteiger partial charge in [-0.1, -0.05) is 13.2 Å². The molecule has 0 N–H and O–H groups in total. The summed E-state index contributed by atoms with van der Waals surface area (Å²) in [6, 6.07) is 19.6. The zero-order valence-electron chi connectivity index (χ0n) is 24.9. The topological polar surface area (TPSA) is 110 Å². The standard InChI is InChI=1S/C35H37NO8/c1-4-33(37)42-22-8-6-20-40-29-14-10-27(11-15-29)25-36-32-19-18-31(24-26(32)3)44-35(39)28-12-16-30(17-13-28)41-21-7-9-23-43-34(38)5-2/h4-5,10-19,24-25H,1-2,6-9,20-23H2,3H3. The van der Waals surface area contributed by atoms with Crippen molar-refractivity contribution < 1.29 is 38.1 Å². The summed E-state index contributed by atoms with van der Waals surface area (Å²) >= 11 is 0. The van der Waals surface area contributed by atoms with E-state index in [2.05, 4.69) is 18.2 Å². The van der Waals surface area contributed by atoms with E-state index in [1.165, 1.54) is 0 Å². The quantitative estimate of drug-likeness (QED) is 0.0520. The number of aryl methyl sites for hydroxylation is 1. The number of hydrogen-bond acceptors (Lipinski definition) is 9. The van der Waals surface area contributed by atoms with E-state index in [4.69, 9.17) is 23.7 Å². The number of aliphatic imine (C=N–C) groups is 1. The van der Waals surface area contributed by atoms with Gasteiger partial charge in [0.2, 0.25) is 0 Å². The largest absolute Gasteiger partial charge is 0.494 e. The van der Waals surface area contributed by atoms with Crippen LogP contribution in [0.3, 0.4) is 0 Å². The maximum absolute atomic E-state index is 12.6. The second-order valence-corrected chi connectivity index (χ2v) is 9.54. The van der Waals surface area contributed by atoms with Gasteiger partial charge in [-0.15, -0.1) is 0 Å². The highest BCUT2D eigenvalue weighted by Crippen LogP contribution is 2.25. The maximum Gasteiger partial charge on any atom is 0.343 e. The van der Waals surface area contributed by atoms with Crippen LogP contribution in [-0.2, 0) is 19.1 Å². The molecular formula is C35H37NO8. The molecule has 0 radical (unpaired) electrons. The number of hydrogen-bond donors (Lipinski definition) is 0. The van der Waals surface area contributed by atoms with Crippen LogP contribution in [0.2, 0.25) is 0 Å². The third-order valence-electron chi connectivity index (χ3n) is 6.14. The molecule has 0 bridgehead atoms. The Morgan fingerprint density at radius 2 is 1.18 bits per heavy atom. The van der Waals surface area contributed by atoms with Crippen LogP contribution in [0.5, 0.6) is 17.2 Å². The van der Waals surface area contributed by atoms with E-state index in [1.54, 1.807) is 48.7 Å². The number of benzene rings is 3. The van der Waals surface area contributed by atoms with Crippen molar-refractivity contribution in [2.45, 2.75) is 32.6 Å². The van der Waals surface area contributed by atoms with Gasteiger partial charge in [0.05, 0.1) is 37.7 Å². The number of esters is 3. The van der Waals surface area contributed by atoms with Crippen LogP contribution in [-0.4, -0.2) is 50.6 Å². The molecule has 230 valence electrons. The molecule has 0 saturated carbocycles. The van der Waals surface area contributed by atoms with Gasteiger partial charge in [0, 0.05) is 18.4 Å². The Morgan fingerprint density at radius 3 is 1.70 bits per heavy atom. The lowest BCUT2D eigenvalue weighted by atomic mass is 10.2. The molecule has 44 heavy (non-hydrogen) atoms. The summed E-state index contributed by atoms with van der Waals surface area (Å²) in [5.74, 6) is 0.466. The van der Waals surface area contributed by atoms with E-state index in [-0.39, 0.29) is 0 Å². The predicted molar refractivity (Wildman–Crippen MR) is 168 cm³/mol. The maximum atomic E-state index is 12.6. The van der Waals surface area contributed by atoms with Crippen LogP contribution >= 0.6 is 0 Å². The third kappa shape index (κ3) is 12.0. The van der Waals surface area contributed by atoms with Gasteiger partial charge in [-0.3, -0.25) is 4.99 Å². The van der Waals surface area contributed by atoms with Crippen molar-refractivity contribution in [3.05, 3.63) is 109 Å². The van der Waals surface area contributed by atoms with Crippen molar-refractivity contribution in [2.24, 2.45) is 4.99 Å². The van der Waals surface area contributed by atoms with Crippen molar-refractivity contribution in [3.63, 3.8) is 0 Å².